The number of carbonyl (C=O) groups is 2. The molecule has 3 rings (SSSR count). The number of methoxy groups -OCH3 is 1. The van der Waals surface area contributed by atoms with Crippen molar-refractivity contribution < 1.29 is 27.1 Å². The van der Waals surface area contributed by atoms with Gasteiger partial charge in [0.15, 0.2) is 0 Å². The minimum absolute atomic E-state index is 0.00561. The van der Waals surface area contributed by atoms with Crippen molar-refractivity contribution >= 4 is 27.5 Å². The van der Waals surface area contributed by atoms with Crippen LogP contribution in [0.5, 0.6) is 5.75 Å². The van der Waals surface area contributed by atoms with Gasteiger partial charge in [-0.2, -0.15) is 0 Å². The van der Waals surface area contributed by atoms with Gasteiger partial charge in [0.25, 0.3) is 0 Å². The summed E-state index contributed by atoms with van der Waals surface area (Å²) < 4.78 is 45.0. The number of hydrogen-bond donors (Lipinski definition) is 1. The number of carbonyl (C=O) groups excluding carboxylic acids is 2. The number of hydrogen-bond acceptors (Lipinski definition) is 5. The molecular weight excluding hydrogens is 521 g/mol. The lowest BCUT2D eigenvalue weighted by atomic mass is 10.0. The quantitative estimate of drug-likeness (QED) is 0.347. The first-order valence-corrected chi connectivity index (χ1v) is 14.4. The normalized spacial score (nSPS) is 11.9. The van der Waals surface area contributed by atoms with Crippen LogP contribution in [-0.2, 0) is 32.6 Å². The van der Waals surface area contributed by atoms with Crippen molar-refractivity contribution in [2.45, 2.75) is 31.8 Å². The average Bonchev–Trinajstić information content (AvgIpc) is 2.93. The van der Waals surface area contributed by atoms with Crippen LogP contribution in [0.15, 0.2) is 78.9 Å². The van der Waals surface area contributed by atoms with Gasteiger partial charge in [-0.3, -0.25) is 13.9 Å². The maximum atomic E-state index is 13.6. The molecule has 1 atom stereocenters. The molecular formula is C29H34FN3O5S. The van der Waals surface area contributed by atoms with Crippen LogP contribution in [0, 0.1) is 5.82 Å². The number of amides is 2. The second-order valence-corrected chi connectivity index (χ2v) is 11.0. The molecule has 0 unspecified atom stereocenters. The van der Waals surface area contributed by atoms with E-state index in [0.29, 0.717) is 17.0 Å². The van der Waals surface area contributed by atoms with E-state index < -0.39 is 21.9 Å². The third-order valence-corrected chi connectivity index (χ3v) is 7.49. The molecule has 8 nitrogen and oxygen atoms in total. The van der Waals surface area contributed by atoms with Gasteiger partial charge in [-0.05, 0) is 53.9 Å². The summed E-state index contributed by atoms with van der Waals surface area (Å²) in [5.74, 6) is -0.446. The van der Waals surface area contributed by atoms with Crippen LogP contribution in [0.1, 0.15) is 24.0 Å². The van der Waals surface area contributed by atoms with Gasteiger partial charge >= 0.3 is 0 Å². The van der Waals surface area contributed by atoms with Crippen LogP contribution in [0.25, 0.3) is 0 Å². The van der Waals surface area contributed by atoms with Crippen molar-refractivity contribution in [1.29, 1.82) is 0 Å². The van der Waals surface area contributed by atoms with Gasteiger partial charge < -0.3 is 15.0 Å². The van der Waals surface area contributed by atoms with E-state index in [9.17, 15) is 22.4 Å². The number of nitrogens with zero attached hydrogens (tertiary/aromatic N) is 2. The molecule has 208 valence electrons. The Balaban J connectivity index is 1.82. The van der Waals surface area contributed by atoms with Gasteiger partial charge in [0, 0.05) is 33.0 Å². The Morgan fingerprint density at radius 3 is 2.15 bits per heavy atom. The zero-order valence-corrected chi connectivity index (χ0v) is 23.2. The highest BCUT2D eigenvalue weighted by molar-refractivity contribution is 7.92. The second kappa shape index (κ2) is 13.7. The summed E-state index contributed by atoms with van der Waals surface area (Å²) in [4.78, 5) is 28.1. The maximum absolute atomic E-state index is 13.6. The molecule has 0 fully saturated rings. The molecule has 1 N–H and O–H groups in total. The van der Waals surface area contributed by atoms with Crippen molar-refractivity contribution in [2.75, 3.05) is 31.3 Å². The second-order valence-electron chi connectivity index (χ2n) is 9.10. The van der Waals surface area contributed by atoms with Gasteiger partial charge in [-0.1, -0.05) is 42.5 Å². The first-order valence-electron chi connectivity index (χ1n) is 12.5. The van der Waals surface area contributed by atoms with Crippen molar-refractivity contribution in [1.82, 2.24) is 10.2 Å². The van der Waals surface area contributed by atoms with Crippen LogP contribution in [0.2, 0.25) is 0 Å². The first-order chi connectivity index (χ1) is 18.6. The molecule has 0 radical (unpaired) electrons. The van der Waals surface area contributed by atoms with Crippen molar-refractivity contribution in [3.63, 3.8) is 0 Å². The maximum Gasteiger partial charge on any atom is 0.242 e. The van der Waals surface area contributed by atoms with E-state index in [1.807, 2.05) is 30.3 Å². The Hall–Kier alpha value is -3.92. The molecule has 0 heterocycles. The smallest absolute Gasteiger partial charge is 0.242 e. The molecule has 3 aromatic rings. The molecule has 0 saturated heterocycles. The van der Waals surface area contributed by atoms with E-state index in [2.05, 4.69) is 5.32 Å². The zero-order chi connectivity index (χ0) is 28.4. The van der Waals surface area contributed by atoms with Crippen molar-refractivity contribution in [3.8, 4) is 5.75 Å². The standard InChI is InChI=1S/C29H34FN3O5S/c1-31-29(35)27(20-22-8-5-4-6-9-22)32(21-23-11-13-24(30)14-12-23)28(34)10-7-19-33(39(3,36)37)25-15-17-26(38-2)18-16-25/h4-6,8-9,11-18,27H,7,10,19-21H2,1-3H3,(H,31,35)/t27-/m0/s1. The Morgan fingerprint density at radius 2 is 1.59 bits per heavy atom. The molecule has 0 aromatic heterocycles. The van der Waals surface area contributed by atoms with Crippen LogP contribution < -0.4 is 14.4 Å². The summed E-state index contributed by atoms with van der Waals surface area (Å²) in [5.41, 5.74) is 2.01. The summed E-state index contributed by atoms with van der Waals surface area (Å²) in [6, 6.07) is 20.9. The fourth-order valence-electron chi connectivity index (χ4n) is 4.26. The number of anilines is 1. The van der Waals surface area contributed by atoms with E-state index in [4.69, 9.17) is 4.74 Å². The van der Waals surface area contributed by atoms with Crippen LogP contribution in [0.3, 0.4) is 0 Å². The highest BCUT2D eigenvalue weighted by atomic mass is 32.2. The molecule has 3 aromatic carbocycles. The Kier molecular flexibility index (Phi) is 10.4. The topological polar surface area (TPSA) is 96.0 Å². The molecule has 0 aliphatic carbocycles. The molecule has 0 aliphatic heterocycles. The van der Waals surface area contributed by atoms with Gasteiger partial charge in [0.1, 0.15) is 17.6 Å². The van der Waals surface area contributed by atoms with Gasteiger partial charge in [-0.25, -0.2) is 12.8 Å². The number of nitrogens with one attached hydrogen (secondary N) is 1. The predicted octanol–water partition coefficient (Wildman–Crippen LogP) is 3.77. The summed E-state index contributed by atoms with van der Waals surface area (Å²) in [6.07, 6.45) is 1.63. The molecule has 2 amide bonds. The lowest BCUT2D eigenvalue weighted by Crippen LogP contribution is -2.49. The third-order valence-electron chi connectivity index (χ3n) is 6.30. The number of rotatable bonds is 13. The van der Waals surface area contributed by atoms with E-state index in [1.165, 1.54) is 35.5 Å². The molecule has 39 heavy (non-hydrogen) atoms. The SMILES string of the molecule is CNC(=O)[C@H](Cc1ccccc1)N(Cc1ccc(F)cc1)C(=O)CCCN(c1ccc(OC)cc1)S(C)(=O)=O. The predicted molar refractivity (Wildman–Crippen MR) is 149 cm³/mol. The Morgan fingerprint density at radius 1 is 0.949 bits per heavy atom. The van der Waals surface area contributed by atoms with Crippen molar-refractivity contribution in [2.24, 2.45) is 0 Å². The number of sulfonamides is 1. The van der Waals surface area contributed by atoms with Crippen LogP contribution in [-0.4, -0.2) is 58.1 Å². The van der Waals surface area contributed by atoms with Gasteiger partial charge in [0.05, 0.1) is 19.1 Å². The average molecular weight is 556 g/mol. The molecule has 0 aliphatic rings. The largest absolute Gasteiger partial charge is 0.497 e. The minimum Gasteiger partial charge on any atom is -0.497 e. The Bertz CT molecular complexity index is 1330. The number of ether oxygens (including phenoxy) is 1. The van der Waals surface area contributed by atoms with Gasteiger partial charge in [0.2, 0.25) is 21.8 Å². The summed E-state index contributed by atoms with van der Waals surface area (Å²) in [6.45, 7) is 0.170. The highest BCUT2D eigenvalue weighted by Gasteiger charge is 2.30. The number of benzene rings is 3. The summed E-state index contributed by atoms with van der Waals surface area (Å²) in [7, 11) is -0.577. The molecule has 0 saturated carbocycles. The summed E-state index contributed by atoms with van der Waals surface area (Å²) >= 11 is 0. The molecule has 0 spiro atoms. The number of likely N-dealkylation sites (N-methyl/N-ethyl adjacent to an activating group) is 1. The third kappa shape index (κ3) is 8.54. The van der Waals surface area contributed by atoms with Gasteiger partial charge in [-0.15, -0.1) is 0 Å². The molecule has 10 heteroatoms. The highest BCUT2D eigenvalue weighted by Crippen LogP contribution is 2.23. The fraction of sp³-hybridized carbons (Fsp3) is 0.310. The minimum atomic E-state index is -3.61. The first kappa shape index (κ1) is 29.6. The monoisotopic (exact) mass is 555 g/mol. The summed E-state index contributed by atoms with van der Waals surface area (Å²) in [5, 5.41) is 2.65. The van der Waals surface area contributed by atoms with E-state index >= 15 is 0 Å². The van der Waals surface area contributed by atoms with Crippen molar-refractivity contribution in [3.05, 3.63) is 95.8 Å². The van der Waals surface area contributed by atoms with E-state index in [-0.39, 0.29) is 44.2 Å². The lowest BCUT2D eigenvalue weighted by molar-refractivity contribution is -0.141. The van der Waals surface area contributed by atoms with E-state index in [0.717, 1.165) is 11.8 Å². The van der Waals surface area contributed by atoms with Crippen LogP contribution >= 0.6 is 0 Å². The van der Waals surface area contributed by atoms with Crippen LogP contribution in [0.4, 0.5) is 10.1 Å². The number of halogens is 1. The fourth-order valence-corrected chi connectivity index (χ4v) is 5.22. The zero-order valence-electron chi connectivity index (χ0n) is 22.3. The lowest BCUT2D eigenvalue weighted by Gasteiger charge is -2.31. The molecule has 0 bridgehead atoms. The Labute approximate surface area is 229 Å². The van der Waals surface area contributed by atoms with E-state index in [1.54, 1.807) is 36.4 Å².